The largest absolute Gasteiger partial charge is 0.438 e. The van der Waals surface area contributed by atoms with Crippen LogP contribution in [0.15, 0.2) is 103 Å². The summed E-state index contributed by atoms with van der Waals surface area (Å²) in [6, 6.07) is 29.6. The lowest BCUT2D eigenvalue weighted by molar-refractivity contribution is 0.0827. The quantitative estimate of drug-likeness (QED) is 0.128. The highest BCUT2D eigenvalue weighted by Crippen LogP contribution is 2.34. The van der Waals surface area contributed by atoms with Crippen LogP contribution in [0.1, 0.15) is 41.4 Å². The van der Waals surface area contributed by atoms with E-state index in [-0.39, 0.29) is 5.91 Å². The fourth-order valence-corrected chi connectivity index (χ4v) is 5.31. The molecule has 11 nitrogen and oxygen atoms in total. The first-order valence-electron chi connectivity index (χ1n) is 16.1. The number of benzene rings is 4. The molecule has 49 heavy (non-hydrogen) atoms. The van der Waals surface area contributed by atoms with E-state index in [2.05, 4.69) is 32.8 Å². The molecule has 0 aliphatic carbocycles. The molecule has 0 aliphatic rings. The van der Waals surface area contributed by atoms with E-state index in [4.69, 9.17) is 9.84 Å². The highest BCUT2D eigenvalue weighted by atomic mass is 16.5. The molecule has 6 rings (SSSR count). The van der Waals surface area contributed by atoms with E-state index in [0.29, 0.717) is 40.3 Å². The Morgan fingerprint density at radius 3 is 2.45 bits per heavy atom. The van der Waals surface area contributed by atoms with Crippen molar-refractivity contribution in [2.45, 2.75) is 33.1 Å². The first-order valence-corrected chi connectivity index (χ1v) is 16.1. The maximum absolute atomic E-state index is 13.4. The number of aryl methyl sites for hydroxylation is 2. The third-order valence-corrected chi connectivity index (χ3v) is 7.82. The second kappa shape index (κ2) is 14.7. The zero-order valence-electron chi connectivity index (χ0n) is 27.9. The molecule has 0 saturated carbocycles. The Bertz CT molecular complexity index is 2110. The molecule has 0 bridgehead atoms. The van der Waals surface area contributed by atoms with E-state index in [1.165, 1.54) is 4.90 Å². The van der Waals surface area contributed by atoms with Crippen LogP contribution in [0, 0.1) is 6.92 Å². The number of hydrogen-bond acceptors (Lipinski definition) is 7. The first kappa shape index (κ1) is 32.7. The maximum atomic E-state index is 13.4. The SMILES string of the molecule is CCCCc1cc(NC(=O)Nc2ccc(Oc3ccnc(Nc4cccc(C(=O)N(C)C)c4)n3)c3ccccc23)n(-c2ccc(C)cc2)n1. The summed E-state index contributed by atoms with van der Waals surface area (Å²) in [6.45, 7) is 4.18. The number of nitrogens with zero attached hydrogens (tertiary/aromatic N) is 5. The number of amides is 3. The Morgan fingerprint density at radius 2 is 1.67 bits per heavy atom. The summed E-state index contributed by atoms with van der Waals surface area (Å²) >= 11 is 0. The van der Waals surface area contributed by atoms with E-state index < -0.39 is 6.03 Å². The van der Waals surface area contributed by atoms with Gasteiger partial charge in [0.25, 0.3) is 5.91 Å². The van der Waals surface area contributed by atoms with Gasteiger partial charge in [-0.3, -0.25) is 10.1 Å². The van der Waals surface area contributed by atoms with Crippen molar-refractivity contribution in [2.24, 2.45) is 0 Å². The number of rotatable bonds is 11. The summed E-state index contributed by atoms with van der Waals surface area (Å²) in [4.78, 5) is 36.2. The molecule has 0 aliphatic heterocycles. The average molecular weight is 655 g/mol. The molecule has 4 aromatic carbocycles. The number of anilines is 4. The van der Waals surface area contributed by atoms with E-state index in [0.717, 1.165) is 47.0 Å². The van der Waals surface area contributed by atoms with Gasteiger partial charge in [0.1, 0.15) is 11.6 Å². The second-order valence-electron chi connectivity index (χ2n) is 11.8. The zero-order chi connectivity index (χ0) is 34.3. The van der Waals surface area contributed by atoms with Gasteiger partial charge in [-0.2, -0.15) is 10.1 Å². The molecule has 11 heteroatoms. The predicted molar refractivity (Wildman–Crippen MR) is 193 cm³/mol. The number of aromatic nitrogens is 4. The van der Waals surface area contributed by atoms with Crippen LogP contribution in [-0.4, -0.2) is 50.7 Å². The molecule has 0 atom stereocenters. The minimum atomic E-state index is -0.392. The van der Waals surface area contributed by atoms with Gasteiger partial charge in [0.15, 0.2) is 0 Å². The van der Waals surface area contributed by atoms with Crippen molar-refractivity contribution in [1.82, 2.24) is 24.6 Å². The lowest BCUT2D eigenvalue weighted by Gasteiger charge is -2.14. The van der Waals surface area contributed by atoms with Crippen LogP contribution in [0.2, 0.25) is 0 Å². The van der Waals surface area contributed by atoms with Crippen molar-refractivity contribution < 1.29 is 14.3 Å². The Labute approximate surface area is 285 Å². The highest BCUT2D eigenvalue weighted by molar-refractivity contribution is 6.07. The Kier molecular flexibility index (Phi) is 9.80. The number of hydrogen-bond donors (Lipinski definition) is 3. The van der Waals surface area contributed by atoms with Crippen molar-refractivity contribution in [3.05, 3.63) is 120 Å². The van der Waals surface area contributed by atoms with Gasteiger partial charge < -0.3 is 20.3 Å². The molecular formula is C38H38N8O3. The third-order valence-electron chi connectivity index (χ3n) is 7.82. The number of unbranched alkanes of at least 4 members (excludes halogenated alkanes) is 1. The highest BCUT2D eigenvalue weighted by Gasteiger charge is 2.16. The molecule has 3 N–H and O–H groups in total. The summed E-state index contributed by atoms with van der Waals surface area (Å²) in [5.74, 6) is 1.68. The molecule has 3 amide bonds. The van der Waals surface area contributed by atoms with Crippen LogP contribution in [0.5, 0.6) is 11.6 Å². The van der Waals surface area contributed by atoms with Gasteiger partial charge in [-0.05, 0) is 62.2 Å². The number of nitrogens with one attached hydrogen (secondary N) is 3. The summed E-state index contributed by atoms with van der Waals surface area (Å²) in [6.07, 6.45) is 4.48. The van der Waals surface area contributed by atoms with Crippen LogP contribution in [0.4, 0.5) is 27.9 Å². The van der Waals surface area contributed by atoms with E-state index in [1.54, 1.807) is 61.4 Å². The summed E-state index contributed by atoms with van der Waals surface area (Å²) in [7, 11) is 3.42. The smallest absolute Gasteiger partial charge is 0.324 e. The minimum Gasteiger partial charge on any atom is -0.438 e. The van der Waals surface area contributed by atoms with Crippen LogP contribution < -0.4 is 20.7 Å². The monoisotopic (exact) mass is 654 g/mol. The molecule has 0 radical (unpaired) electrons. The van der Waals surface area contributed by atoms with E-state index in [1.807, 2.05) is 67.6 Å². The molecule has 2 aromatic heterocycles. The third kappa shape index (κ3) is 7.84. The number of carbonyl (C=O) groups excluding carboxylic acids is 2. The molecule has 2 heterocycles. The summed E-state index contributed by atoms with van der Waals surface area (Å²) in [5.41, 5.74) is 4.76. The Hall–Kier alpha value is -6.23. The van der Waals surface area contributed by atoms with Crippen molar-refractivity contribution in [1.29, 1.82) is 0 Å². The van der Waals surface area contributed by atoms with Gasteiger partial charge in [0.05, 0.1) is 17.1 Å². The van der Waals surface area contributed by atoms with Crippen LogP contribution in [-0.2, 0) is 6.42 Å². The van der Waals surface area contributed by atoms with Gasteiger partial charge in [-0.25, -0.2) is 14.5 Å². The van der Waals surface area contributed by atoms with Crippen molar-refractivity contribution in [2.75, 3.05) is 30.0 Å². The van der Waals surface area contributed by atoms with Crippen molar-refractivity contribution in [3.63, 3.8) is 0 Å². The molecule has 0 spiro atoms. The van der Waals surface area contributed by atoms with E-state index in [9.17, 15) is 9.59 Å². The Balaban J connectivity index is 1.20. The van der Waals surface area contributed by atoms with E-state index >= 15 is 0 Å². The molecule has 6 aromatic rings. The second-order valence-corrected chi connectivity index (χ2v) is 11.8. The van der Waals surface area contributed by atoms with Gasteiger partial charge in [0.2, 0.25) is 11.8 Å². The molecular weight excluding hydrogens is 616 g/mol. The molecule has 0 unspecified atom stereocenters. The van der Waals surface area contributed by atoms with Crippen LogP contribution in [0.25, 0.3) is 16.5 Å². The predicted octanol–water partition coefficient (Wildman–Crippen LogP) is 8.35. The summed E-state index contributed by atoms with van der Waals surface area (Å²) < 4.78 is 8.00. The molecule has 0 fully saturated rings. The fraction of sp³-hybridized carbons (Fsp3) is 0.184. The first-order chi connectivity index (χ1) is 23.8. The number of fused-ring (bicyclic) bond motifs is 1. The number of urea groups is 1. The fourth-order valence-electron chi connectivity index (χ4n) is 5.31. The lowest BCUT2D eigenvalue weighted by atomic mass is 10.1. The lowest BCUT2D eigenvalue weighted by Crippen LogP contribution is -2.21. The molecule has 248 valence electrons. The van der Waals surface area contributed by atoms with Gasteiger partial charge in [-0.15, -0.1) is 0 Å². The van der Waals surface area contributed by atoms with Crippen LogP contribution >= 0.6 is 0 Å². The van der Waals surface area contributed by atoms with Crippen molar-refractivity contribution >= 4 is 45.9 Å². The maximum Gasteiger partial charge on any atom is 0.324 e. The van der Waals surface area contributed by atoms with Gasteiger partial charge in [-0.1, -0.05) is 61.4 Å². The summed E-state index contributed by atoms with van der Waals surface area (Å²) in [5, 5.41) is 15.5. The number of ether oxygens (including phenoxy) is 1. The average Bonchev–Trinajstić information content (AvgIpc) is 3.50. The molecule has 0 saturated heterocycles. The van der Waals surface area contributed by atoms with Crippen molar-refractivity contribution in [3.8, 4) is 17.3 Å². The topological polar surface area (TPSA) is 126 Å². The number of carbonyl (C=O) groups is 2. The van der Waals surface area contributed by atoms with Gasteiger partial charge >= 0.3 is 6.03 Å². The normalized spacial score (nSPS) is 10.9. The minimum absolute atomic E-state index is 0.102. The Morgan fingerprint density at radius 1 is 0.878 bits per heavy atom. The van der Waals surface area contributed by atoms with Gasteiger partial charge in [0, 0.05) is 54.4 Å². The zero-order valence-corrected chi connectivity index (χ0v) is 27.9. The van der Waals surface area contributed by atoms with Crippen LogP contribution in [0.3, 0.4) is 0 Å². The standard InChI is InChI=1S/C38H38N8O3/c1-5-6-11-28-24-34(46(44-28)29-17-15-25(2)16-18-29)42-38(48)41-32-19-20-33(31-14-8-7-13-30(31)32)49-35-21-22-39-37(43-35)40-27-12-9-10-26(23-27)36(47)45(3)4/h7-10,12-24H,5-6,11H2,1-4H3,(H,39,40,43)(H2,41,42,48).